The third kappa shape index (κ3) is 3.25. The van der Waals surface area contributed by atoms with Crippen LogP contribution in [-0.4, -0.2) is 20.0 Å². The topological polar surface area (TPSA) is 86.0 Å². The van der Waals surface area contributed by atoms with E-state index < -0.39 is 11.2 Å². The number of pyridine rings is 1. The Kier molecular flexibility index (Phi) is 4.30. The summed E-state index contributed by atoms with van der Waals surface area (Å²) < 4.78 is 2.29. The lowest BCUT2D eigenvalue weighted by molar-refractivity contribution is -0.111. The van der Waals surface area contributed by atoms with Crippen LogP contribution in [0.2, 0.25) is 0 Å². The van der Waals surface area contributed by atoms with Gasteiger partial charge in [0.05, 0.1) is 17.3 Å². The zero-order valence-electron chi connectivity index (χ0n) is 13.8. The van der Waals surface area contributed by atoms with Crippen molar-refractivity contribution >= 4 is 28.7 Å². The summed E-state index contributed by atoms with van der Waals surface area (Å²) in [5.74, 6) is -0.341. The second kappa shape index (κ2) is 6.56. The fraction of sp³-hybridized carbons (Fsp3) is 0.111. The average molecular weight is 336 g/mol. The molecular formula is C18H16N4O3. The molecule has 0 radical (unpaired) electrons. The Morgan fingerprint density at radius 3 is 2.56 bits per heavy atom. The van der Waals surface area contributed by atoms with Crippen molar-refractivity contribution in [2.75, 3.05) is 5.32 Å². The molecule has 126 valence electrons. The summed E-state index contributed by atoms with van der Waals surface area (Å²) in [5.41, 5.74) is 0.643. The zero-order chi connectivity index (χ0) is 18.0. The highest BCUT2D eigenvalue weighted by molar-refractivity contribution is 6.02. The number of carbonyl (C=O) groups excluding carboxylic acids is 1. The second-order valence-corrected chi connectivity index (χ2v) is 5.53. The summed E-state index contributed by atoms with van der Waals surface area (Å²) in [5, 5.41) is 2.92. The first kappa shape index (κ1) is 16.4. The number of nitrogens with one attached hydrogen (secondary N) is 1. The number of amides is 1. The van der Waals surface area contributed by atoms with Gasteiger partial charge in [0, 0.05) is 20.2 Å². The van der Waals surface area contributed by atoms with Crippen molar-refractivity contribution in [2.45, 2.75) is 0 Å². The van der Waals surface area contributed by atoms with Crippen molar-refractivity contribution in [3.8, 4) is 0 Å². The molecule has 3 aromatic rings. The van der Waals surface area contributed by atoms with E-state index in [2.05, 4.69) is 10.3 Å². The molecule has 0 saturated carbocycles. The summed E-state index contributed by atoms with van der Waals surface area (Å²) in [6, 6.07) is 10.9. The average Bonchev–Trinajstić information content (AvgIpc) is 2.64. The number of rotatable bonds is 3. The van der Waals surface area contributed by atoms with E-state index in [9.17, 15) is 14.4 Å². The summed E-state index contributed by atoms with van der Waals surface area (Å²) in [6.07, 6.45) is 4.50. The van der Waals surface area contributed by atoms with E-state index in [1.165, 1.54) is 37.0 Å². The third-order valence-corrected chi connectivity index (χ3v) is 3.79. The van der Waals surface area contributed by atoms with Crippen LogP contribution in [0.15, 0.2) is 58.3 Å². The SMILES string of the molecule is Cn1c(=O)c2cc(NC(=O)C=Cc3ccccc3)cnc2n(C)c1=O. The number of hydrogen-bond acceptors (Lipinski definition) is 4. The molecule has 7 heteroatoms. The summed E-state index contributed by atoms with van der Waals surface area (Å²) in [4.78, 5) is 40.3. The van der Waals surface area contributed by atoms with Crippen molar-refractivity contribution in [3.05, 3.63) is 75.1 Å². The molecule has 0 spiro atoms. The van der Waals surface area contributed by atoms with Gasteiger partial charge in [-0.25, -0.2) is 9.78 Å². The van der Waals surface area contributed by atoms with Crippen LogP contribution in [0.3, 0.4) is 0 Å². The van der Waals surface area contributed by atoms with Crippen LogP contribution in [0.1, 0.15) is 5.56 Å². The Morgan fingerprint density at radius 2 is 1.84 bits per heavy atom. The monoisotopic (exact) mass is 336 g/mol. The third-order valence-electron chi connectivity index (χ3n) is 3.79. The molecule has 0 fully saturated rings. The van der Waals surface area contributed by atoms with Crippen molar-refractivity contribution in [3.63, 3.8) is 0 Å². The van der Waals surface area contributed by atoms with Crippen LogP contribution in [0.25, 0.3) is 17.1 Å². The molecule has 1 amide bonds. The lowest BCUT2D eigenvalue weighted by Crippen LogP contribution is -2.37. The minimum atomic E-state index is -0.457. The quantitative estimate of drug-likeness (QED) is 0.730. The summed E-state index contributed by atoms with van der Waals surface area (Å²) in [7, 11) is 2.94. The van der Waals surface area contributed by atoms with Crippen LogP contribution in [0.5, 0.6) is 0 Å². The lowest BCUT2D eigenvalue weighted by atomic mass is 10.2. The zero-order valence-corrected chi connectivity index (χ0v) is 13.8. The van der Waals surface area contributed by atoms with Gasteiger partial charge in [0.25, 0.3) is 5.56 Å². The van der Waals surface area contributed by atoms with Gasteiger partial charge in [-0.3, -0.25) is 18.7 Å². The minimum Gasteiger partial charge on any atom is -0.321 e. The van der Waals surface area contributed by atoms with E-state index in [1.807, 2.05) is 30.3 Å². The van der Waals surface area contributed by atoms with E-state index >= 15 is 0 Å². The molecule has 0 saturated heterocycles. The minimum absolute atomic E-state index is 0.259. The number of benzene rings is 1. The lowest BCUT2D eigenvalue weighted by Gasteiger charge is -2.08. The Bertz CT molecular complexity index is 1090. The molecule has 3 rings (SSSR count). The highest BCUT2D eigenvalue weighted by atomic mass is 16.2. The van der Waals surface area contributed by atoms with Crippen LogP contribution >= 0.6 is 0 Å². The molecule has 2 aromatic heterocycles. The fourth-order valence-corrected chi connectivity index (χ4v) is 2.45. The van der Waals surface area contributed by atoms with Crippen LogP contribution in [-0.2, 0) is 18.9 Å². The van der Waals surface area contributed by atoms with Gasteiger partial charge in [0.1, 0.15) is 5.65 Å². The van der Waals surface area contributed by atoms with Crippen LogP contribution < -0.4 is 16.6 Å². The molecule has 7 nitrogen and oxygen atoms in total. The molecule has 2 heterocycles. The second-order valence-electron chi connectivity index (χ2n) is 5.53. The van der Waals surface area contributed by atoms with E-state index in [4.69, 9.17) is 0 Å². The Hall–Kier alpha value is -3.48. The number of fused-ring (bicyclic) bond motifs is 1. The standard InChI is InChI=1S/C18H16N4O3/c1-21-16-14(17(24)22(2)18(21)25)10-13(11-19-16)20-15(23)9-8-12-6-4-3-5-7-12/h3-11H,1-2H3,(H,20,23). The number of nitrogens with zero attached hydrogens (tertiary/aromatic N) is 3. The number of carbonyl (C=O) groups is 1. The van der Waals surface area contributed by atoms with Gasteiger partial charge in [-0.15, -0.1) is 0 Å². The fourth-order valence-electron chi connectivity index (χ4n) is 2.45. The van der Waals surface area contributed by atoms with E-state index in [1.54, 1.807) is 6.08 Å². The first-order chi connectivity index (χ1) is 12.0. The predicted molar refractivity (Wildman–Crippen MR) is 96.3 cm³/mol. The van der Waals surface area contributed by atoms with Gasteiger partial charge >= 0.3 is 5.69 Å². The number of aryl methyl sites for hydroxylation is 1. The molecule has 0 aliphatic rings. The molecule has 25 heavy (non-hydrogen) atoms. The molecule has 0 aliphatic carbocycles. The maximum Gasteiger partial charge on any atom is 0.332 e. The highest BCUT2D eigenvalue weighted by Gasteiger charge is 2.10. The largest absolute Gasteiger partial charge is 0.332 e. The first-order valence-electron chi connectivity index (χ1n) is 7.57. The number of hydrogen-bond donors (Lipinski definition) is 1. The van der Waals surface area contributed by atoms with Gasteiger partial charge in [-0.05, 0) is 17.7 Å². The van der Waals surface area contributed by atoms with Gasteiger partial charge in [-0.2, -0.15) is 0 Å². The number of anilines is 1. The maximum absolute atomic E-state index is 12.2. The Labute approximate surface area is 142 Å². The van der Waals surface area contributed by atoms with Crippen LogP contribution in [0, 0.1) is 0 Å². The van der Waals surface area contributed by atoms with Gasteiger partial charge < -0.3 is 5.32 Å². The van der Waals surface area contributed by atoms with E-state index in [0.29, 0.717) is 5.69 Å². The summed E-state index contributed by atoms with van der Waals surface area (Å²) >= 11 is 0. The molecule has 0 atom stereocenters. The van der Waals surface area contributed by atoms with Crippen molar-refractivity contribution in [1.82, 2.24) is 14.1 Å². The number of aromatic nitrogens is 3. The van der Waals surface area contributed by atoms with Gasteiger partial charge in [0.15, 0.2) is 0 Å². The summed E-state index contributed by atoms with van der Waals surface area (Å²) in [6.45, 7) is 0. The maximum atomic E-state index is 12.2. The molecule has 0 unspecified atom stereocenters. The van der Waals surface area contributed by atoms with Gasteiger partial charge in [-0.1, -0.05) is 30.3 Å². The smallest absolute Gasteiger partial charge is 0.321 e. The van der Waals surface area contributed by atoms with E-state index in [-0.39, 0.29) is 16.9 Å². The molecule has 0 aliphatic heterocycles. The molecule has 1 N–H and O–H groups in total. The predicted octanol–water partition coefficient (Wildman–Crippen LogP) is 1.28. The van der Waals surface area contributed by atoms with Crippen molar-refractivity contribution < 1.29 is 4.79 Å². The van der Waals surface area contributed by atoms with Gasteiger partial charge in [0.2, 0.25) is 5.91 Å². The van der Waals surface area contributed by atoms with Crippen LogP contribution in [0.4, 0.5) is 5.69 Å². The molecule has 1 aromatic carbocycles. The van der Waals surface area contributed by atoms with E-state index in [0.717, 1.165) is 10.1 Å². The Morgan fingerprint density at radius 1 is 1.12 bits per heavy atom. The highest BCUT2D eigenvalue weighted by Crippen LogP contribution is 2.12. The molecule has 0 bridgehead atoms. The Balaban J connectivity index is 1.90. The first-order valence-corrected chi connectivity index (χ1v) is 7.57. The van der Waals surface area contributed by atoms with Crippen molar-refractivity contribution in [1.29, 1.82) is 0 Å². The molecular weight excluding hydrogens is 320 g/mol. The normalized spacial score (nSPS) is 11.1. The van der Waals surface area contributed by atoms with Crippen molar-refractivity contribution in [2.24, 2.45) is 14.1 Å².